The number of para-hydroxylation sites is 1. The number of hydrogen-bond acceptors (Lipinski definition) is 2. The maximum atomic E-state index is 11.2. The van der Waals surface area contributed by atoms with E-state index >= 15 is 0 Å². The molecule has 1 aliphatic heterocycles. The SMILES string of the molecule is O=c1ccc2cn(-c3ccccc3)cnc-2c1. The van der Waals surface area contributed by atoms with Crippen molar-refractivity contribution in [3.8, 4) is 16.9 Å². The molecule has 0 N–H and O–H groups in total. The third-order valence-corrected chi connectivity index (χ3v) is 2.66. The summed E-state index contributed by atoms with van der Waals surface area (Å²) in [5.74, 6) is 0. The lowest BCUT2D eigenvalue weighted by Gasteiger charge is -2.09. The Hall–Kier alpha value is -2.42. The van der Waals surface area contributed by atoms with E-state index in [9.17, 15) is 4.79 Å². The van der Waals surface area contributed by atoms with E-state index in [2.05, 4.69) is 4.98 Å². The lowest BCUT2D eigenvalue weighted by atomic mass is 10.1. The number of hydrogen-bond donors (Lipinski definition) is 0. The minimum absolute atomic E-state index is 0.0116. The van der Waals surface area contributed by atoms with Crippen LogP contribution < -0.4 is 5.43 Å². The highest BCUT2D eigenvalue weighted by molar-refractivity contribution is 5.59. The molecule has 0 saturated carbocycles. The molecule has 0 fully saturated rings. The van der Waals surface area contributed by atoms with E-state index in [-0.39, 0.29) is 5.43 Å². The highest BCUT2D eigenvalue weighted by atomic mass is 16.1. The van der Waals surface area contributed by atoms with Gasteiger partial charge >= 0.3 is 0 Å². The summed E-state index contributed by atoms with van der Waals surface area (Å²) in [6.07, 6.45) is 3.69. The zero-order chi connectivity index (χ0) is 11.7. The fourth-order valence-corrected chi connectivity index (χ4v) is 1.79. The van der Waals surface area contributed by atoms with Crippen LogP contribution in [0.15, 0.2) is 65.8 Å². The van der Waals surface area contributed by atoms with Gasteiger partial charge in [-0.2, -0.15) is 0 Å². The molecule has 0 spiro atoms. The van der Waals surface area contributed by atoms with Crippen LogP contribution in [0.4, 0.5) is 0 Å². The van der Waals surface area contributed by atoms with Gasteiger partial charge in [0.15, 0.2) is 5.43 Å². The molecule has 3 nitrogen and oxygen atoms in total. The molecule has 0 radical (unpaired) electrons. The molecular weight excluding hydrogens is 212 g/mol. The first-order valence-corrected chi connectivity index (χ1v) is 5.36. The zero-order valence-corrected chi connectivity index (χ0v) is 9.08. The Labute approximate surface area is 98.3 Å². The van der Waals surface area contributed by atoms with Gasteiger partial charge in [-0.25, -0.2) is 4.98 Å². The van der Waals surface area contributed by atoms with Gasteiger partial charge in [0.05, 0.1) is 12.0 Å². The van der Waals surface area contributed by atoms with Crippen molar-refractivity contribution < 1.29 is 0 Å². The minimum Gasteiger partial charge on any atom is -0.307 e. The maximum Gasteiger partial charge on any atom is 0.180 e. The quantitative estimate of drug-likeness (QED) is 0.633. The molecule has 2 aliphatic rings. The van der Waals surface area contributed by atoms with Crippen LogP contribution in [0.5, 0.6) is 0 Å². The van der Waals surface area contributed by atoms with Crippen LogP contribution in [-0.4, -0.2) is 9.55 Å². The average molecular weight is 222 g/mol. The van der Waals surface area contributed by atoms with E-state index in [0.717, 1.165) is 16.9 Å². The molecule has 0 amide bonds. The van der Waals surface area contributed by atoms with Crippen molar-refractivity contribution in [2.45, 2.75) is 0 Å². The van der Waals surface area contributed by atoms with Gasteiger partial charge in [-0.1, -0.05) is 18.2 Å². The number of benzene rings is 2. The molecule has 0 unspecified atom stereocenters. The second-order valence-electron chi connectivity index (χ2n) is 3.84. The molecule has 0 bridgehead atoms. The van der Waals surface area contributed by atoms with E-state index in [1.165, 1.54) is 0 Å². The summed E-state index contributed by atoms with van der Waals surface area (Å²) in [4.78, 5) is 15.5. The van der Waals surface area contributed by atoms with E-state index in [4.69, 9.17) is 0 Å². The fourth-order valence-electron chi connectivity index (χ4n) is 1.79. The molecule has 1 heterocycles. The summed E-state index contributed by atoms with van der Waals surface area (Å²) in [6.45, 7) is 0. The van der Waals surface area contributed by atoms with E-state index in [1.54, 1.807) is 24.5 Å². The first-order chi connectivity index (χ1) is 8.33. The van der Waals surface area contributed by atoms with Crippen molar-refractivity contribution in [1.82, 2.24) is 9.55 Å². The molecule has 3 heteroatoms. The smallest absolute Gasteiger partial charge is 0.180 e. The lowest BCUT2D eigenvalue weighted by molar-refractivity contribution is 0.982. The molecule has 0 aromatic heterocycles. The van der Waals surface area contributed by atoms with Gasteiger partial charge < -0.3 is 4.57 Å². The molecule has 82 valence electrons. The lowest BCUT2D eigenvalue weighted by Crippen LogP contribution is -2.03. The van der Waals surface area contributed by atoms with Crippen LogP contribution in [0.25, 0.3) is 16.9 Å². The van der Waals surface area contributed by atoms with E-state index in [1.807, 2.05) is 41.1 Å². The fraction of sp³-hybridized carbons (Fsp3) is 0. The van der Waals surface area contributed by atoms with E-state index < -0.39 is 0 Å². The van der Waals surface area contributed by atoms with Gasteiger partial charge in [0.2, 0.25) is 0 Å². The van der Waals surface area contributed by atoms with Crippen molar-refractivity contribution in [3.05, 3.63) is 71.3 Å². The summed E-state index contributed by atoms with van der Waals surface area (Å²) in [5.41, 5.74) is 2.72. The summed E-state index contributed by atoms with van der Waals surface area (Å²) >= 11 is 0. The van der Waals surface area contributed by atoms with Gasteiger partial charge in [0.1, 0.15) is 0 Å². The molecule has 1 aromatic rings. The number of fused-ring (bicyclic) bond motifs is 1. The zero-order valence-electron chi connectivity index (χ0n) is 9.08. The van der Waals surface area contributed by atoms with Gasteiger partial charge in [-0.05, 0) is 24.3 Å². The first-order valence-electron chi connectivity index (χ1n) is 5.36. The van der Waals surface area contributed by atoms with Gasteiger partial charge in [0.25, 0.3) is 0 Å². The monoisotopic (exact) mass is 222 g/mol. The number of aromatic nitrogens is 2. The summed E-state index contributed by atoms with van der Waals surface area (Å²) in [5, 5.41) is 0. The van der Waals surface area contributed by atoms with Gasteiger partial charge in [-0.15, -0.1) is 0 Å². The molecule has 17 heavy (non-hydrogen) atoms. The molecule has 3 rings (SSSR count). The van der Waals surface area contributed by atoms with Crippen LogP contribution >= 0.6 is 0 Å². The Bertz CT molecular complexity index is 673. The first kappa shape index (κ1) is 9.78. The van der Waals surface area contributed by atoms with E-state index in [0.29, 0.717) is 0 Å². The highest BCUT2D eigenvalue weighted by Crippen LogP contribution is 2.17. The Balaban J connectivity index is 2.19. The van der Waals surface area contributed by atoms with Crippen LogP contribution in [0, 0.1) is 0 Å². The van der Waals surface area contributed by atoms with Crippen molar-refractivity contribution in [2.75, 3.05) is 0 Å². The Morgan fingerprint density at radius 1 is 1.00 bits per heavy atom. The second kappa shape index (κ2) is 3.87. The standard InChI is InChI=1S/C14H10N2O/c17-13-7-6-11-9-16(10-15-14(11)8-13)12-4-2-1-3-5-12/h1-10H. The summed E-state index contributed by atoms with van der Waals surface area (Å²) < 4.78 is 1.94. The van der Waals surface area contributed by atoms with Crippen LogP contribution in [0.2, 0.25) is 0 Å². The van der Waals surface area contributed by atoms with Gasteiger partial charge in [-0.3, -0.25) is 4.79 Å². The molecule has 0 saturated heterocycles. The third kappa shape index (κ3) is 1.83. The summed E-state index contributed by atoms with van der Waals surface area (Å²) in [6, 6.07) is 14.8. The molecule has 1 aromatic carbocycles. The van der Waals surface area contributed by atoms with Crippen molar-refractivity contribution in [2.24, 2.45) is 0 Å². The largest absolute Gasteiger partial charge is 0.307 e. The molecule has 0 atom stereocenters. The predicted octanol–water partition coefficient (Wildman–Crippen LogP) is 2.34. The van der Waals surface area contributed by atoms with Crippen molar-refractivity contribution >= 4 is 0 Å². The van der Waals surface area contributed by atoms with Crippen LogP contribution in [-0.2, 0) is 0 Å². The molecule has 1 aliphatic carbocycles. The maximum absolute atomic E-state index is 11.2. The van der Waals surface area contributed by atoms with Crippen LogP contribution in [0.1, 0.15) is 0 Å². The van der Waals surface area contributed by atoms with Crippen molar-refractivity contribution in [1.29, 1.82) is 0 Å². The van der Waals surface area contributed by atoms with Gasteiger partial charge in [0, 0.05) is 23.5 Å². The Kier molecular flexibility index (Phi) is 2.22. The number of rotatable bonds is 1. The van der Waals surface area contributed by atoms with Crippen LogP contribution in [0.3, 0.4) is 0 Å². The predicted molar refractivity (Wildman–Crippen MR) is 66.5 cm³/mol. The minimum atomic E-state index is -0.0116. The molecular formula is C14H10N2O. The number of nitrogens with zero attached hydrogens (tertiary/aromatic N) is 2. The average Bonchev–Trinajstić information content (AvgIpc) is 2.39. The highest BCUT2D eigenvalue weighted by Gasteiger charge is 2.04. The topological polar surface area (TPSA) is 34.9 Å². The Morgan fingerprint density at radius 2 is 1.82 bits per heavy atom. The van der Waals surface area contributed by atoms with Crippen molar-refractivity contribution in [3.63, 3.8) is 0 Å². The summed E-state index contributed by atoms with van der Waals surface area (Å²) in [7, 11) is 0. The second-order valence-corrected chi connectivity index (χ2v) is 3.84. The Morgan fingerprint density at radius 3 is 2.65 bits per heavy atom. The third-order valence-electron chi connectivity index (χ3n) is 2.66. The normalized spacial score (nSPS) is 10.6.